The van der Waals surface area contributed by atoms with Crippen molar-refractivity contribution in [2.45, 2.75) is 57.8 Å². The van der Waals surface area contributed by atoms with Crippen LogP contribution in [0.5, 0.6) is 0 Å². The third-order valence-electron chi connectivity index (χ3n) is 3.94. The lowest BCUT2D eigenvalue weighted by molar-refractivity contribution is 0.533. The molecule has 20 heavy (non-hydrogen) atoms. The molecule has 2 aromatic rings. The van der Waals surface area contributed by atoms with E-state index in [0.29, 0.717) is 5.92 Å². The highest BCUT2D eigenvalue weighted by Gasteiger charge is 2.28. The van der Waals surface area contributed by atoms with Crippen LogP contribution in [-0.4, -0.2) is 11.5 Å². The van der Waals surface area contributed by atoms with E-state index in [2.05, 4.69) is 29.4 Å². The number of aromatic nitrogens is 1. The lowest BCUT2D eigenvalue weighted by atomic mass is 10.1. The molecular weight excluding hydrogens is 248 g/mol. The summed E-state index contributed by atoms with van der Waals surface area (Å²) in [4.78, 5) is 4.60. The highest BCUT2D eigenvalue weighted by molar-refractivity contribution is 5.77. The zero-order valence-electron chi connectivity index (χ0n) is 12.3. The van der Waals surface area contributed by atoms with Crippen LogP contribution in [0, 0.1) is 0 Å². The molecule has 1 aliphatic carbocycles. The number of nitrogens with one attached hydrogen (secondary N) is 1. The lowest BCUT2D eigenvalue weighted by Crippen LogP contribution is -2.01. The molecule has 3 heteroatoms. The first-order chi connectivity index (χ1) is 9.86. The van der Waals surface area contributed by atoms with Gasteiger partial charge >= 0.3 is 0 Å². The highest BCUT2D eigenvalue weighted by atomic mass is 16.3. The normalized spacial score (nSPS) is 14.8. The zero-order chi connectivity index (χ0) is 13.8. The summed E-state index contributed by atoms with van der Waals surface area (Å²) in [7, 11) is 0. The average Bonchev–Trinajstić information content (AvgIpc) is 3.22. The average molecular weight is 272 g/mol. The second-order valence-corrected chi connectivity index (χ2v) is 5.85. The molecule has 108 valence electrons. The Balaban J connectivity index is 1.53. The Morgan fingerprint density at radius 1 is 1.20 bits per heavy atom. The number of hydrogen-bond acceptors (Lipinski definition) is 3. The van der Waals surface area contributed by atoms with Crippen LogP contribution in [0.25, 0.3) is 11.1 Å². The van der Waals surface area contributed by atoms with E-state index >= 15 is 0 Å². The van der Waals surface area contributed by atoms with E-state index in [0.717, 1.165) is 29.2 Å². The Bertz CT molecular complexity index is 557. The van der Waals surface area contributed by atoms with Crippen molar-refractivity contribution in [3.63, 3.8) is 0 Å². The van der Waals surface area contributed by atoms with E-state index in [1.807, 2.05) is 6.07 Å². The molecule has 1 heterocycles. The number of nitrogens with zero attached hydrogens (tertiary/aromatic N) is 1. The molecule has 1 aliphatic rings. The fraction of sp³-hybridized carbons (Fsp3) is 0.588. The first-order valence-electron chi connectivity index (χ1n) is 8.01. The third kappa shape index (κ3) is 3.33. The van der Waals surface area contributed by atoms with E-state index in [9.17, 15) is 0 Å². The van der Waals surface area contributed by atoms with Gasteiger partial charge in [-0.25, -0.2) is 4.98 Å². The molecule has 1 N–H and O–H groups in total. The van der Waals surface area contributed by atoms with Gasteiger partial charge in [0.05, 0.1) is 0 Å². The number of hydrogen-bond donors (Lipinski definition) is 1. The first kappa shape index (κ1) is 13.5. The Kier molecular flexibility index (Phi) is 4.24. The van der Waals surface area contributed by atoms with Gasteiger partial charge in [0.25, 0.3) is 0 Å². The number of anilines is 1. The minimum atomic E-state index is 0.581. The van der Waals surface area contributed by atoms with Gasteiger partial charge in [-0.2, -0.15) is 0 Å². The van der Waals surface area contributed by atoms with Crippen molar-refractivity contribution >= 4 is 16.8 Å². The van der Waals surface area contributed by atoms with Crippen LogP contribution in [0.3, 0.4) is 0 Å². The second kappa shape index (κ2) is 6.29. The van der Waals surface area contributed by atoms with Gasteiger partial charge in [0, 0.05) is 18.2 Å². The molecular formula is C17H24N2O. The molecule has 0 aliphatic heterocycles. The smallest absolute Gasteiger partial charge is 0.198 e. The van der Waals surface area contributed by atoms with Crippen molar-refractivity contribution in [1.29, 1.82) is 0 Å². The van der Waals surface area contributed by atoms with Gasteiger partial charge in [0.15, 0.2) is 11.5 Å². The van der Waals surface area contributed by atoms with E-state index < -0.39 is 0 Å². The zero-order valence-corrected chi connectivity index (χ0v) is 12.3. The summed E-state index contributed by atoms with van der Waals surface area (Å²) >= 11 is 0. The number of oxazole rings is 1. The summed E-state index contributed by atoms with van der Waals surface area (Å²) in [5.74, 6) is 1.51. The van der Waals surface area contributed by atoms with Crippen molar-refractivity contribution in [3.05, 3.63) is 24.1 Å². The molecule has 0 amide bonds. The lowest BCUT2D eigenvalue weighted by Gasteiger charge is -2.05. The van der Waals surface area contributed by atoms with Crippen molar-refractivity contribution in [2.24, 2.45) is 0 Å². The molecule has 1 aromatic heterocycles. The summed E-state index contributed by atoms with van der Waals surface area (Å²) in [5.41, 5.74) is 3.06. The molecule has 1 aromatic carbocycles. The third-order valence-corrected chi connectivity index (χ3v) is 3.94. The van der Waals surface area contributed by atoms with Crippen LogP contribution >= 0.6 is 0 Å². The van der Waals surface area contributed by atoms with Gasteiger partial charge in [-0.05, 0) is 37.5 Å². The molecule has 0 atom stereocenters. The number of unbranched alkanes of at least 4 members (excludes halogenated alkanes) is 4. The Labute approximate surface area is 120 Å². The van der Waals surface area contributed by atoms with E-state index in [-0.39, 0.29) is 0 Å². The van der Waals surface area contributed by atoms with Crippen molar-refractivity contribution in [3.8, 4) is 0 Å². The minimum absolute atomic E-state index is 0.581. The van der Waals surface area contributed by atoms with Gasteiger partial charge < -0.3 is 9.73 Å². The molecule has 0 bridgehead atoms. The van der Waals surface area contributed by atoms with Crippen molar-refractivity contribution in [2.75, 3.05) is 11.9 Å². The van der Waals surface area contributed by atoms with Crippen LogP contribution in [0.2, 0.25) is 0 Å². The summed E-state index contributed by atoms with van der Waals surface area (Å²) < 4.78 is 5.78. The van der Waals surface area contributed by atoms with Crippen molar-refractivity contribution in [1.82, 2.24) is 4.98 Å². The summed E-state index contributed by atoms with van der Waals surface area (Å²) in [6.07, 6.45) is 9.04. The van der Waals surface area contributed by atoms with Crippen LogP contribution in [-0.2, 0) is 0 Å². The Morgan fingerprint density at radius 2 is 2.05 bits per heavy atom. The first-order valence-corrected chi connectivity index (χ1v) is 8.01. The van der Waals surface area contributed by atoms with E-state index in [1.165, 1.54) is 44.9 Å². The van der Waals surface area contributed by atoms with E-state index in [1.54, 1.807) is 0 Å². The van der Waals surface area contributed by atoms with Gasteiger partial charge in [0.2, 0.25) is 0 Å². The highest BCUT2D eigenvalue weighted by Crippen LogP contribution is 2.40. The largest absolute Gasteiger partial charge is 0.440 e. The maximum absolute atomic E-state index is 5.78. The minimum Gasteiger partial charge on any atom is -0.440 e. The summed E-state index contributed by atoms with van der Waals surface area (Å²) in [6.45, 7) is 3.30. The van der Waals surface area contributed by atoms with Crippen LogP contribution in [0.4, 0.5) is 5.69 Å². The molecule has 1 fully saturated rings. The summed E-state index contributed by atoms with van der Waals surface area (Å²) in [6, 6.07) is 6.24. The van der Waals surface area contributed by atoms with Crippen LogP contribution in [0.15, 0.2) is 22.6 Å². The van der Waals surface area contributed by atoms with Gasteiger partial charge in [-0.15, -0.1) is 0 Å². The van der Waals surface area contributed by atoms with Crippen LogP contribution in [0.1, 0.15) is 63.7 Å². The second-order valence-electron chi connectivity index (χ2n) is 5.85. The van der Waals surface area contributed by atoms with Gasteiger partial charge in [-0.3, -0.25) is 0 Å². The van der Waals surface area contributed by atoms with Crippen LogP contribution < -0.4 is 5.32 Å². The molecule has 0 radical (unpaired) electrons. The number of fused-ring (bicyclic) bond motifs is 1. The summed E-state index contributed by atoms with van der Waals surface area (Å²) in [5, 5.41) is 3.49. The molecule has 3 rings (SSSR count). The monoisotopic (exact) mass is 272 g/mol. The topological polar surface area (TPSA) is 38.1 Å². The molecule has 0 saturated heterocycles. The maximum Gasteiger partial charge on any atom is 0.198 e. The maximum atomic E-state index is 5.78. The quantitative estimate of drug-likeness (QED) is 0.680. The number of rotatable bonds is 8. The number of benzene rings is 1. The molecule has 0 unspecified atom stereocenters. The van der Waals surface area contributed by atoms with Gasteiger partial charge in [-0.1, -0.05) is 32.6 Å². The van der Waals surface area contributed by atoms with E-state index in [4.69, 9.17) is 4.42 Å². The molecule has 0 spiro atoms. The Morgan fingerprint density at radius 3 is 2.85 bits per heavy atom. The predicted molar refractivity (Wildman–Crippen MR) is 83.2 cm³/mol. The predicted octanol–water partition coefficient (Wildman–Crippen LogP) is 5.09. The van der Waals surface area contributed by atoms with Crippen molar-refractivity contribution < 1.29 is 4.42 Å². The Hall–Kier alpha value is -1.51. The van der Waals surface area contributed by atoms with Gasteiger partial charge in [0.1, 0.15) is 5.52 Å². The standard InChI is InChI=1S/C17H24N2O/c1-2-3-4-5-6-11-18-14-9-10-16-15(12-14)19-17(20-16)13-7-8-13/h9-10,12-13,18H,2-8,11H2,1H3. The molecule has 3 nitrogen and oxygen atoms in total. The fourth-order valence-corrected chi connectivity index (χ4v) is 2.52. The SMILES string of the molecule is CCCCCCCNc1ccc2oc(C3CC3)nc2c1. The molecule has 1 saturated carbocycles. The fourth-order valence-electron chi connectivity index (χ4n) is 2.52.